The molecule has 1 aromatic carbocycles. The number of unbranched alkanes of at least 4 members (excludes halogenated alkanes) is 2. The van der Waals surface area contributed by atoms with Crippen molar-refractivity contribution in [1.82, 2.24) is 0 Å². The molecule has 1 aliphatic heterocycles. The van der Waals surface area contributed by atoms with Crippen LogP contribution < -0.4 is 0 Å². The van der Waals surface area contributed by atoms with E-state index >= 15 is 0 Å². The smallest absolute Gasteiger partial charge is 0.0759 e. The number of hydrogen-bond acceptors (Lipinski definition) is 1. The summed E-state index contributed by atoms with van der Waals surface area (Å²) in [5.74, 6) is 0. The van der Waals surface area contributed by atoms with Crippen molar-refractivity contribution in [3.8, 4) is 0 Å². The first-order valence-corrected chi connectivity index (χ1v) is 7.74. The van der Waals surface area contributed by atoms with Gasteiger partial charge in [-0.05, 0) is 37.7 Å². The molecule has 0 bridgehead atoms. The van der Waals surface area contributed by atoms with E-state index in [-0.39, 0.29) is 0 Å². The monoisotopic (exact) mass is 258 g/mol. The maximum absolute atomic E-state index is 6.18. The molecule has 0 N–H and O–H groups in total. The van der Waals surface area contributed by atoms with Gasteiger partial charge in [-0.1, -0.05) is 62.2 Å². The molecule has 2 unspecified atom stereocenters. The van der Waals surface area contributed by atoms with Crippen LogP contribution >= 0.6 is 0 Å². The number of benzene rings is 1. The first-order valence-electron chi connectivity index (χ1n) is 7.74. The molecule has 1 saturated heterocycles. The Balaban J connectivity index is 1.78. The third-order valence-corrected chi connectivity index (χ3v) is 3.76. The zero-order valence-electron chi connectivity index (χ0n) is 12.1. The van der Waals surface area contributed by atoms with Crippen molar-refractivity contribution in [2.45, 2.75) is 64.1 Å². The highest BCUT2D eigenvalue weighted by Crippen LogP contribution is 2.23. The van der Waals surface area contributed by atoms with E-state index in [4.69, 9.17) is 4.74 Å². The Morgan fingerprint density at radius 1 is 1.21 bits per heavy atom. The van der Waals surface area contributed by atoms with Crippen LogP contribution in [0.1, 0.15) is 51.0 Å². The van der Waals surface area contributed by atoms with Gasteiger partial charge in [0.1, 0.15) is 0 Å². The third-order valence-electron chi connectivity index (χ3n) is 3.76. The molecule has 1 heterocycles. The SMILES string of the molecule is CCCC/C=C\C1CCCC(Cc2ccccc2)O1. The van der Waals surface area contributed by atoms with Crippen molar-refractivity contribution < 1.29 is 4.74 Å². The lowest BCUT2D eigenvalue weighted by Gasteiger charge is -2.28. The molecule has 0 aliphatic carbocycles. The molecule has 19 heavy (non-hydrogen) atoms. The molecule has 1 aliphatic rings. The Bertz CT molecular complexity index is 369. The van der Waals surface area contributed by atoms with Crippen LogP contribution in [0.25, 0.3) is 0 Å². The van der Waals surface area contributed by atoms with E-state index in [1.807, 2.05) is 0 Å². The number of hydrogen-bond donors (Lipinski definition) is 0. The van der Waals surface area contributed by atoms with Crippen LogP contribution in [0.4, 0.5) is 0 Å². The van der Waals surface area contributed by atoms with E-state index < -0.39 is 0 Å². The number of rotatable bonds is 6. The summed E-state index contributed by atoms with van der Waals surface area (Å²) in [7, 11) is 0. The van der Waals surface area contributed by atoms with E-state index in [1.165, 1.54) is 44.1 Å². The lowest BCUT2D eigenvalue weighted by atomic mass is 9.98. The van der Waals surface area contributed by atoms with Crippen molar-refractivity contribution >= 4 is 0 Å². The van der Waals surface area contributed by atoms with E-state index in [1.54, 1.807) is 0 Å². The number of allylic oxidation sites excluding steroid dienone is 1. The molecule has 0 amide bonds. The van der Waals surface area contributed by atoms with Crippen LogP contribution in [0.15, 0.2) is 42.5 Å². The van der Waals surface area contributed by atoms with Gasteiger partial charge in [0.05, 0.1) is 12.2 Å². The zero-order valence-corrected chi connectivity index (χ0v) is 12.1. The van der Waals surface area contributed by atoms with Gasteiger partial charge in [-0.25, -0.2) is 0 Å². The van der Waals surface area contributed by atoms with Gasteiger partial charge in [0.2, 0.25) is 0 Å². The minimum atomic E-state index is 0.347. The third kappa shape index (κ3) is 5.20. The second-order valence-corrected chi connectivity index (χ2v) is 5.49. The van der Waals surface area contributed by atoms with E-state index in [2.05, 4.69) is 49.4 Å². The minimum absolute atomic E-state index is 0.347. The second kappa shape index (κ2) is 8.16. The lowest BCUT2D eigenvalue weighted by Crippen LogP contribution is -2.27. The molecule has 0 spiro atoms. The Hall–Kier alpha value is -1.08. The Morgan fingerprint density at radius 3 is 2.84 bits per heavy atom. The average Bonchev–Trinajstić information content (AvgIpc) is 2.45. The van der Waals surface area contributed by atoms with E-state index in [0.717, 1.165) is 6.42 Å². The molecule has 2 rings (SSSR count). The maximum atomic E-state index is 6.18. The van der Waals surface area contributed by atoms with Gasteiger partial charge in [0, 0.05) is 0 Å². The maximum Gasteiger partial charge on any atom is 0.0759 e. The Labute approximate surface area is 117 Å². The Kier molecular flexibility index (Phi) is 6.16. The van der Waals surface area contributed by atoms with Crippen LogP contribution in [0.2, 0.25) is 0 Å². The van der Waals surface area contributed by atoms with Crippen LogP contribution in [0, 0.1) is 0 Å². The van der Waals surface area contributed by atoms with Crippen molar-refractivity contribution in [2.75, 3.05) is 0 Å². The van der Waals surface area contributed by atoms with E-state index in [9.17, 15) is 0 Å². The summed E-state index contributed by atoms with van der Waals surface area (Å²) >= 11 is 0. The summed E-state index contributed by atoms with van der Waals surface area (Å²) in [6.45, 7) is 2.24. The van der Waals surface area contributed by atoms with Crippen LogP contribution in [0.5, 0.6) is 0 Å². The summed E-state index contributed by atoms with van der Waals surface area (Å²) in [4.78, 5) is 0. The summed E-state index contributed by atoms with van der Waals surface area (Å²) in [5, 5.41) is 0. The van der Waals surface area contributed by atoms with Gasteiger partial charge in [0.15, 0.2) is 0 Å². The molecule has 1 heteroatoms. The van der Waals surface area contributed by atoms with Gasteiger partial charge in [-0.3, -0.25) is 0 Å². The normalized spacial score (nSPS) is 23.8. The molecule has 1 fully saturated rings. The fraction of sp³-hybridized carbons (Fsp3) is 0.556. The molecular formula is C18H26O. The minimum Gasteiger partial charge on any atom is -0.371 e. The molecule has 2 atom stereocenters. The van der Waals surface area contributed by atoms with Crippen molar-refractivity contribution in [2.24, 2.45) is 0 Å². The van der Waals surface area contributed by atoms with Gasteiger partial charge in [0.25, 0.3) is 0 Å². The molecule has 1 aromatic rings. The highest BCUT2D eigenvalue weighted by atomic mass is 16.5. The van der Waals surface area contributed by atoms with Crippen molar-refractivity contribution in [3.63, 3.8) is 0 Å². The fourth-order valence-corrected chi connectivity index (χ4v) is 2.67. The summed E-state index contributed by atoms with van der Waals surface area (Å²) in [6.07, 6.45) is 13.8. The first-order chi connectivity index (χ1) is 9.38. The Morgan fingerprint density at radius 2 is 2.05 bits per heavy atom. The highest BCUT2D eigenvalue weighted by molar-refractivity contribution is 5.15. The quantitative estimate of drug-likeness (QED) is 0.520. The predicted octanol–water partition coefficient (Wildman–Crippen LogP) is 4.91. The average molecular weight is 258 g/mol. The molecule has 1 nitrogen and oxygen atoms in total. The summed E-state index contributed by atoms with van der Waals surface area (Å²) < 4.78 is 6.18. The number of ether oxygens (including phenoxy) is 1. The van der Waals surface area contributed by atoms with Gasteiger partial charge in [-0.2, -0.15) is 0 Å². The van der Waals surface area contributed by atoms with Gasteiger partial charge in [-0.15, -0.1) is 0 Å². The molecule has 0 radical (unpaired) electrons. The van der Waals surface area contributed by atoms with E-state index in [0.29, 0.717) is 12.2 Å². The topological polar surface area (TPSA) is 9.23 Å². The lowest BCUT2D eigenvalue weighted by molar-refractivity contribution is -0.0242. The van der Waals surface area contributed by atoms with Crippen molar-refractivity contribution in [1.29, 1.82) is 0 Å². The first kappa shape index (κ1) is 14.3. The fourth-order valence-electron chi connectivity index (χ4n) is 2.67. The molecular weight excluding hydrogens is 232 g/mol. The largest absolute Gasteiger partial charge is 0.371 e. The molecule has 0 aromatic heterocycles. The van der Waals surface area contributed by atoms with Crippen LogP contribution in [0.3, 0.4) is 0 Å². The van der Waals surface area contributed by atoms with Crippen LogP contribution in [-0.2, 0) is 11.2 Å². The van der Waals surface area contributed by atoms with Crippen molar-refractivity contribution in [3.05, 3.63) is 48.0 Å². The zero-order chi connectivity index (χ0) is 13.3. The summed E-state index contributed by atoms with van der Waals surface area (Å²) in [5.41, 5.74) is 1.39. The standard InChI is InChI=1S/C18H26O/c1-2-3-4-8-12-17-13-9-14-18(19-17)15-16-10-6-5-7-11-16/h5-8,10-12,17-18H,2-4,9,13-15H2,1H3/b12-8-. The highest BCUT2D eigenvalue weighted by Gasteiger charge is 2.20. The van der Waals surface area contributed by atoms with Gasteiger partial charge >= 0.3 is 0 Å². The molecule has 104 valence electrons. The van der Waals surface area contributed by atoms with Gasteiger partial charge < -0.3 is 4.74 Å². The van der Waals surface area contributed by atoms with Crippen LogP contribution in [-0.4, -0.2) is 12.2 Å². The predicted molar refractivity (Wildman–Crippen MR) is 81.3 cm³/mol. The molecule has 0 saturated carbocycles. The second-order valence-electron chi connectivity index (χ2n) is 5.49. The summed E-state index contributed by atoms with van der Waals surface area (Å²) in [6, 6.07) is 10.7.